The average Bonchev–Trinajstić information content (AvgIpc) is 2.79. The molecule has 0 atom stereocenters. The zero-order chi connectivity index (χ0) is 19.9. The summed E-state index contributed by atoms with van der Waals surface area (Å²) in [5, 5.41) is 4.62. The standard InChI is InChI=1S/C23H28N6.HI/c1-2-24-23(29-17-15-28(16-18-29)22-9-5-6-13-25-22)26-14-12-20-11-10-19-7-3-4-8-21(19)27-20;/h3-11,13H,2,12,14-18H2,1H3,(H,24,26);1H. The van der Waals surface area contributed by atoms with E-state index >= 15 is 0 Å². The van der Waals surface area contributed by atoms with Gasteiger partial charge in [-0.1, -0.05) is 30.3 Å². The fourth-order valence-corrected chi connectivity index (χ4v) is 3.64. The highest BCUT2D eigenvalue weighted by Crippen LogP contribution is 2.14. The summed E-state index contributed by atoms with van der Waals surface area (Å²) < 4.78 is 0. The Morgan fingerprint density at radius 2 is 1.80 bits per heavy atom. The van der Waals surface area contributed by atoms with E-state index < -0.39 is 0 Å². The van der Waals surface area contributed by atoms with E-state index in [9.17, 15) is 0 Å². The molecule has 0 bridgehead atoms. The van der Waals surface area contributed by atoms with Gasteiger partial charge in [0.1, 0.15) is 5.82 Å². The van der Waals surface area contributed by atoms with Gasteiger partial charge in [0.15, 0.2) is 5.96 Å². The highest BCUT2D eigenvalue weighted by molar-refractivity contribution is 14.0. The molecule has 1 fully saturated rings. The van der Waals surface area contributed by atoms with Gasteiger partial charge in [0.05, 0.1) is 5.52 Å². The molecule has 0 unspecified atom stereocenters. The number of aromatic nitrogens is 2. The number of nitrogens with one attached hydrogen (secondary N) is 1. The van der Waals surface area contributed by atoms with Gasteiger partial charge in [-0.05, 0) is 31.2 Å². The van der Waals surface area contributed by atoms with Crippen molar-refractivity contribution in [1.29, 1.82) is 0 Å². The SMILES string of the molecule is CCNC(=NCCc1ccc2ccccc2n1)N1CCN(c2ccccn2)CC1.I. The lowest BCUT2D eigenvalue weighted by Gasteiger charge is -2.37. The number of anilines is 1. The van der Waals surface area contributed by atoms with Crippen molar-refractivity contribution in [2.75, 3.05) is 44.2 Å². The first-order valence-corrected chi connectivity index (χ1v) is 10.4. The number of guanidine groups is 1. The molecule has 0 radical (unpaired) electrons. The fourth-order valence-electron chi connectivity index (χ4n) is 3.64. The third kappa shape index (κ3) is 5.59. The second kappa shape index (κ2) is 11.1. The van der Waals surface area contributed by atoms with E-state index in [2.05, 4.69) is 57.4 Å². The number of para-hydroxylation sites is 1. The van der Waals surface area contributed by atoms with Gasteiger partial charge >= 0.3 is 0 Å². The van der Waals surface area contributed by atoms with E-state index in [1.807, 2.05) is 30.5 Å². The Morgan fingerprint density at radius 3 is 2.57 bits per heavy atom. The predicted molar refractivity (Wildman–Crippen MR) is 135 cm³/mol. The van der Waals surface area contributed by atoms with E-state index in [4.69, 9.17) is 9.98 Å². The monoisotopic (exact) mass is 516 g/mol. The maximum atomic E-state index is 4.87. The molecule has 1 aliphatic heterocycles. The average molecular weight is 516 g/mol. The maximum Gasteiger partial charge on any atom is 0.194 e. The maximum absolute atomic E-state index is 4.87. The molecule has 1 aromatic carbocycles. The van der Waals surface area contributed by atoms with Crippen molar-refractivity contribution in [1.82, 2.24) is 20.2 Å². The second-order valence-electron chi connectivity index (χ2n) is 7.14. The van der Waals surface area contributed by atoms with Crippen LogP contribution in [0.15, 0.2) is 65.8 Å². The first-order chi connectivity index (χ1) is 14.3. The summed E-state index contributed by atoms with van der Waals surface area (Å²) in [6, 6.07) is 18.6. The molecule has 30 heavy (non-hydrogen) atoms. The third-order valence-corrected chi connectivity index (χ3v) is 5.17. The lowest BCUT2D eigenvalue weighted by atomic mass is 10.2. The molecule has 158 valence electrons. The highest BCUT2D eigenvalue weighted by Gasteiger charge is 2.20. The number of aliphatic imine (C=N–C) groups is 1. The van der Waals surface area contributed by atoms with Gasteiger partial charge in [-0.25, -0.2) is 4.98 Å². The first kappa shape index (κ1) is 22.3. The number of piperazine rings is 1. The molecule has 0 amide bonds. The number of rotatable bonds is 5. The van der Waals surface area contributed by atoms with Crippen molar-refractivity contribution in [3.05, 3.63) is 66.5 Å². The summed E-state index contributed by atoms with van der Waals surface area (Å²) in [7, 11) is 0. The minimum Gasteiger partial charge on any atom is -0.357 e. The molecule has 1 saturated heterocycles. The van der Waals surface area contributed by atoms with Crippen molar-refractivity contribution in [3.8, 4) is 0 Å². The van der Waals surface area contributed by atoms with Crippen LogP contribution in [0.25, 0.3) is 10.9 Å². The molecule has 0 saturated carbocycles. The van der Waals surface area contributed by atoms with Crippen molar-refractivity contribution in [3.63, 3.8) is 0 Å². The number of benzene rings is 1. The first-order valence-electron chi connectivity index (χ1n) is 10.4. The Kier molecular flexibility index (Phi) is 8.24. The van der Waals surface area contributed by atoms with Crippen LogP contribution < -0.4 is 10.2 Å². The Labute approximate surface area is 195 Å². The van der Waals surface area contributed by atoms with Crippen LogP contribution in [0.5, 0.6) is 0 Å². The Bertz CT molecular complexity index is 954. The van der Waals surface area contributed by atoms with Crippen molar-refractivity contribution in [2.24, 2.45) is 4.99 Å². The van der Waals surface area contributed by atoms with E-state index in [0.29, 0.717) is 0 Å². The molecule has 0 aliphatic carbocycles. The summed E-state index contributed by atoms with van der Waals surface area (Å²) in [5.41, 5.74) is 2.13. The number of halogens is 1. The smallest absolute Gasteiger partial charge is 0.194 e. The third-order valence-electron chi connectivity index (χ3n) is 5.17. The molecule has 1 aliphatic rings. The van der Waals surface area contributed by atoms with Crippen LogP contribution in [0.1, 0.15) is 12.6 Å². The van der Waals surface area contributed by atoms with Crippen LogP contribution >= 0.6 is 24.0 Å². The summed E-state index contributed by atoms with van der Waals surface area (Å²) in [5.74, 6) is 2.05. The molecule has 3 heterocycles. The highest BCUT2D eigenvalue weighted by atomic mass is 127. The van der Waals surface area contributed by atoms with Gasteiger partial charge in [-0.3, -0.25) is 9.98 Å². The molecule has 1 N–H and O–H groups in total. The van der Waals surface area contributed by atoms with E-state index in [1.54, 1.807) is 0 Å². The van der Waals surface area contributed by atoms with Crippen molar-refractivity contribution >= 4 is 46.7 Å². The number of pyridine rings is 2. The van der Waals surface area contributed by atoms with Crippen LogP contribution in [-0.2, 0) is 6.42 Å². The lowest BCUT2D eigenvalue weighted by molar-refractivity contribution is 0.371. The van der Waals surface area contributed by atoms with Crippen LogP contribution in [0.3, 0.4) is 0 Å². The molecular weight excluding hydrogens is 487 g/mol. The molecule has 3 aromatic rings. The Hall–Kier alpha value is -2.42. The largest absolute Gasteiger partial charge is 0.357 e. The number of hydrogen-bond acceptors (Lipinski definition) is 4. The van der Waals surface area contributed by atoms with E-state index in [1.165, 1.54) is 5.39 Å². The van der Waals surface area contributed by atoms with Gasteiger partial charge in [0, 0.05) is 63.0 Å². The zero-order valence-corrected chi connectivity index (χ0v) is 19.7. The van der Waals surface area contributed by atoms with Crippen LogP contribution in [0.4, 0.5) is 5.82 Å². The number of hydrogen-bond donors (Lipinski definition) is 1. The minimum atomic E-state index is 0. The minimum absolute atomic E-state index is 0. The molecular formula is C23H29IN6. The molecule has 7 heteroatoms. The van der Waals surface area contributed by atoms with Gasteiger partial charge in [-0.2, -0.15) is 0 Å². The molecule has 4 rings (SSSR count). The summed E-state index contributed by atoms with van der Waals surface area (Å²) in [6.45, 7) is 7.50. The number of fused-ring (bicyclic) bond motifs is 1. The lowest BCUT2D eigenvalue weighted by Crippen LogP contribution is -2.52. The Balaban J connectivity index is 0.00000256. The molecule has 6 nitrogen and oxygen atoms in total. The number of nitrogens with zero attached hydrogens (tertiary/aromatic N) is 5. The topological polar surface area (TPSA) is 56.7 Å². The van der Waals surface area contributed by atoms with Crippen LogP contribution in [0, 0.1) is 0 Å². The summed E-state index contributed by atoms with van der Waals surface area (Å²) in [4.78, 5) is 18.8. The van der Waals surface area contributed by atoms with Gasteiger partial charge in [-0.15, -0.1) is 24.0 Å². The van der Waals surface area contributed by atoms with Crippen molar-refractivity contribution < 1.29 is 0 Å². The normalized spacial score (nSPS) is 14.5. The van der Waals surface area contributed by atoms with Gasteiger partial charge in [0.25, 0.3) is 0 Å². The molecule has 0 spiro atoms. The van der Waals surface area contributed by atoms with Gasteiger partial charge < -0.3 is 15.1 Å². The van der Waals surface area contributed by atoms with Gasteiger partial charge in [0.2, 0.25) is 0 Å². The van der Waals surface area contributed by atoms with Crippen LogP contribution in [-0.4, -0.2) is 60.1 Å². The summed E-state index contributed by atoms with van der Waals surface area (Å²) >= 11 is 0. The van der Waals surface area contributed by atoms with E-state index in [0.717, 1.165) is 68.7 Å². The summed E-state index contributed by atoms with van der Waals surface area (Å²) in [6.07, 6.45) is 2.70. The second-order valence-corrected chi connectivity index (χ2v) is 7.14. The predicted octanol–water partition coefficient (Wildman–Crippen LogP) is 3.58. The Morgan fingerprint density at radius 1 is 1.00 bits per heavy atom. The van der Waals surface area contributed by atoms with Crippen LogP contribution in [0.2, 0.25) is 0 Å². The van der Waals surface area contributed by atoms with E-state index in [-0.39, 0.29) is 24.0 Å². The zero-order valence-electron chi connectivity index (χ0n) is 17.4. The molecule has 2 aromatic heterocycles. The van der Waals surface area contributed by atoms with Crippen molar-refractivity contribution in [2.45, 2.75) is 13.3 Å². The quantitative estimate of drug-likeness (QED) is 0.319. The fraction of sp³-hybridized carbons (Fsp3) is 0.348.